The fraction of sp³-hybridized carbons (Fsp3) is 0.0417. The molecule has 3 aromatic carbocycles. The average molecular weight is 398 g/mol. The maximum atomic E-state index is 13.6. The number of nitrogens with zero attached hydrogens (tertiary/aromatic N) is 2. The van der Waals surface area contributed by atoms with Crippen LogP contribution in [0, 0.1) is 5.82 Å². The van der Waals surface area contributed by atoms with Crippen LogP contribution in [-0.4, -0.2) is 15.8 Å². The summed E-state index contributed by atoms with van der Waals surface area (Å²) in [6, 6.07) is 24.8. The van der Waals surface area contributed by atoms with E-state index in [1.54, 1.807) is 24.3 Å². The predicted molar refractivity (Wildman–Crippen MR) is 117 cm³/mol. The Balaban J connectivity index is 1.72. The van der Waals surface area contributed by atoms with Crippen LogP contribution in [0.15, 0.2) is 84.9 Å². The van der Waals surface area contributed by atoms with E-state index in [4.69, 9.17) is 0 Å². The highest BCUT2D eigenvalue weighted by Gasteiger charge is 2.09. The lowest BCUT2D eigenvalue weighted by Crippen LogP contribution is -2.03. The number of halogens is 1. The molecule has 0 aliphatic carbocycles. The molecule has 148 valence electrons. The molecule has 0 aliphatic rings. The molecule has 0 radical (unpaired) electrons. The van der Waals surface area contributed by atoms with Gasteiger partial charge >= 0.3 is 0 Å². The summed E-state index contributed by atoms with van der Waals surface area (Å²) in [5.41, 5.74) is 3.51. The molecule has 6 heteroatoms. The fourth-order valence-corrected chi connectivity index (χ4v) is 2.98. The number of aromatic nitrogens is 2. The molecule has 0 spiro atoms. The third-order valence-electron chi connectivity index (χ3n) is 4.42. The first-order valence-corrected chi connectivity index (χ1v) is 9.42. The highest BCUT2D eigenvalue weighted by atomic mass is 19.1. The second kappa shape index (κ2) is 8.53. The molecule has 0 saturated heterocycles. The van der Waals surface area contributed by atoms with E-state index in [1.807, 2.05) is 48.5 Å². The molecule has 0 amide bonds. The molecule has 0 unspecified atom stereocenters. The monoisotopic (exact) mass is 398 g/mol. The van der Waals surface area contributed by atoms with Gasteiger partial charge in [-0.05, 0) is 37.3 Å². The molecule has 4 rings (SSSR count). The topological polar surface area (TPSA) is 66.9 Å². The minimum Gasteiger partial charge on any atom is -0.340 e. The number of benzene rings is 3. The number of hydrogen-bond acceptors (Lipinski definition) is 5. The van der Waals surface area contributed by atoms with Crippen molar-refractivity contribution in [2.45, 2.75) is 6.92 Å². The standard InChI is InChI=1S/C24H19FN4O/c1-16(30)18-9-5-11-20(13-18)26-23-15-22(17-7-3-2-4-8-17)28-24(29-23)27-21-12-6-10-19(25)14-21/h2-15H,1H3,(H2,26,27,28,29). The summed E-state index contributed by atoms with van der Waals surface area (Å²) in [5.74, 6) is 0.508. The van der Waals surface area contributed by atoms with E-state index in [1.165, 1.54) is 19.1 Å². The lowest BCUT2D eigenvalue weighted by Gasteiger charge is -2.12. The van der Waals surface area contributed by atoms with Crippen LogP contribution in [0.4, 0.5) is 27.5 Å². The highest BCUT2D eigenvalue weighted by molar-refractivity contribution is 5.95. The molecule has 0 bridgehead atoms. The maximum Gasteiger partial charge on any atom is 0.229 e. The summed E-state index contributed by atoms with van der Waals surface area (Å²) in [6.45, 7) is 1.53. The van der Waals surface area contributed by atoms with E-state index in [-0.39, 0.29) is 11.6 Å². The molecule has 0 aliphatic heterocycles. The van der Waals surface area contributed by atoms with Crippen molar-refractivity contribution < 1.29 is 9.18 Å². The van der Waals surface area contributed by atoms with E-state index in [2.05, 4.69) is 20.6 Å². The molecule has 4 aromatic rings. The molecule has 0 fully saturated rings. The summed E-state index contributed by atoms with van der Waals surface area (Å²) in [5, 5.41) is 6.28. The number of hydrogen-bond donors (Lipinski definition) is 2. The van der Waals surface area contributed by atoms with Crippen molar-refractivity contribution in [3.63, 3.8) is 0 Å². The zero-order chi connectivity index (χ0) is 20.9. The smallest absolute Gasteiger partial charge is 0.229 e. The highest BCUT2D eigenvalue weighted by Crippen LogP contribution is 2.25. The van der Waals surface area contributed by atoms with Gasteiger partial charge in [0.1, 0.15) is 11.6 Å². The molecule has 1 aromatic heterocycles. The minimum atomic E-state index is -0.349. The molecule has 2 N–H and O–H groups in total. The summed E-state index contributed by atoms with van der Waals surface area (Å²) >= 11 is 0. The van der Waals surface area contributed by atoms with Gasteiger partial charge in [0.15, 0.2) is 5.78 Å². The first-order valence-electron chi connectivity index (χ1n) is 9.42. The molecular formula is C24H19FN4O. The lowest BCUT2D eigenvalue weighted by atomic mass is 10.1. The van der Waals surface area contributed by atoms with E-state index in [0.29, 0.717) is 28.7 Å². The second-order valence-corrected chi connectivity index (χ2v) is 6.73. The third kappa shape index (κ3) is 4.67. The van der Waals surface area contributed by atoms with Gasteiger partial charge in [-0.2, -0.15) is 4.98 Å². The Morgan fingerprint density at radius 2 is 1.53 bits per heavy atom. The van der Waals surface area contributed by atoms with Gasteiger partial charge in [0.05, 0.1) is 5.69 Å². The van der Waals surface area contributed by atoms with Gasteiger partial charge in [0.2, 0.25) is 5.95 Å². The Morgan fingerprint density at radius 3 is 2.27 bits per heavy atom. The molecule has 1 heterocycles. The van der Waals surface area contributed by atoms with Gasteiger partial charge < -0.3 is 10.6 Å². The molecule has 0 atom stereocenters. The summed E-state index contributed by atoms with van der Waals surface area (Å²) in [4.78, 5) is 20.8. The van der Waals surface area contributed by atoms with Crippen LogP contribution in [-0.2, 0) is 0 Å². The van der Waals surface area contributed by atoms with Gasteiger partial charge in [-0.25, -0.2) is 9.37 Å². The Kier molecular flexibility index (Phi) is 5.48. The van der Waals surface area contributed by atoms with Crippen molar-refractivity contribution >= 4 is 28.9 Å². The van der Waals surface area contributed by atoms with E-state index in [0.717, 1.165) is 11.3 Å². The van der Waals surface area contributed by atoms with E-state index < -0.39 is 0 Å². The Labute approximate surface area is 173 Å². The maximum absolute atomic E-state index is 13.6. The predicted octanol–water partition coefficient (Wildman–Crippen LogP) is 5.97. The molecular weight excluding hydrogens is 379 g/mol. The minimum absolute atomic E-state index is 0.0141. The summed E-state index contributed by atoms with van der Waals surface area (Å²) < 4.78 is 13.6. The van der Waals surface area contributed by atoms with Crippen LogP contribution in [0.25, 0.3) is 11.3 Å². The summed E-state index contributed by atoms with van der Waals surface area (Å²) in [7, 11) is 0. The van der Waals surface area contributed by atoms with Crippen LogP contribution in [0.3, 0.4) is 0 Å². The number of carbonyl (C=O) groups is 1. The number of carbonyl (C=O) groups excluding carboxylic acids is 1. The number of ketones is 1. The average Bonchev–Trinajstić information content (AvgIpc) is 2.74. The third-order valence-corrected chi connectivity index (χ3v) is 4.42. The SMILES string of the molecule is CC(=O)c1cccc(Nc2cc(-c3ccccc3)nc(Nc3cccc(F)c3)n2)c1. The Bertz CT molecular complexity index is 1190. The van der Waals surface area contributed by atoms with E-state index >= 15 is 0 Å². The van der Waals surface area contributed by atoms with Crippen LogP contribution in [0.2, 0.25) is 0 Å². The fourth-order valence-electron chi connectivity index (χ4n) is 2.98. The largest absolute Gasteiger partial charge is 0.340 e. The van der Waals surface area contributed by atoms with Crippen molar-refractivity contribution in [2.75, 3.05) is 10.6 Å². The molecule has 30 heavy (non-hydrogen) atoms. The van der Waals surface area contributed by atoms with Crippen LogP contribution in [0.1, 0.15) is 17.3 Å². The van der Waals surface area contributed by atoms with Gasteiger partial charge in [-0.15, -0.1) is 0 Å². The first kappa shape index (κ1) is 19.3. The Morgan fingerprint density at radius 1 is 0.800 bits per heavy atom. The second-order valence-electron chi connectivity index (χ2n) is 6.73. The quantitative estimate of drug-likeness (QED) is 0.392. The Hall–Kier alpha value is -4.06. The van der Waals surface area contributed by atoms with Crippen molar-refractivity contribution in [1.29, 1.82) is 0 Å². The van der Waals surface area contributed by atoms with Crippen molar-refractivity contribution in [1.82, 2.24) is 9.97 Å². The van der Waals surface area contributed by atoms with Crippen molar-refractivity contribution in [3.8, 4) is 11.3 Å². The van der Waals surface area contributed by atoms with Gasteiger partial charge in [0.25, 0.3) is 0 Å². The molecule has 5 nitrogen and oxygen atoms in total. The van der Waals surface area contributed by atoms with Crippen LogP contribution >= 0.6 is 0 Å². The van der Waals surface area contributed by atoms with Gasteiger partial charge in [-0.1, -0.05) is 48.5 Å². The van der Waals surface area contributed by atoms with Crippen LogP contribution in [0.5, 0.6) is 0 Å². The zero-order valence-electron chi connectivity index (χ0n) is 16.3. The first-order chi connectivity index (χ1) is 14.6. The van der Waals surface area contributed by atoms with Crippen LogP contribution < -0.4 is 10.6 Å². The lowest BCUT2D eigenvalue weighted by molar-refractivity contribution is 0.101. The van der Waals surface area contributed by atoms with Gasteiger partial charge in [0, 0.05) is 28.6 Å². The number of rotatable bonds is 6. The number of anilines is 4. The van der Waals surface area contributed by atoms with Crippen molar-refractivity contribution in [3.05, 3.63) is 96.3 Å². The number of nitrogens with one attached hydrogen (secondary N) is 2. The van der Waals surface area contributed by atoms with Gasteiger partial charge in [-0.3, -0.25) is 4.79 Å². The van der Waals surface area contributed by atoms with Crippen molar-refractivity contribution in [2.24, 2.45) is 0 Å². The normalized spacial score (nSPS) is 10.5. The zero-order valence-corrected chi connectivity index (χ0v) is 16.3. The van der Waals surface area contributed by atoms with E-state index in [9.17, 15) is 9.18 Å². The molecule has 0 saturated carbocycles. The summed E-state index contributed by atoms with van der Waals surface area (Å²) in [6.07, 6.45) is 0. The number of Topliss-reactive ketones (excluding diaryl/α,β-unsaturated/α-hetero) is 1.